The third kappa shape index (κ3) is 3.56. The smallest absolute Gasteiger partial charge is 0.387 e. The number of aliphatic hydroxyl groups is 1. The Labute approximate surface area is 121 Å². The standard InChI is InChI=1S/C10H5BrClF7O/c11-4-2-1-3(6(13)5(4)12)7(20)8(9(14,15)16)10(17,18)19/h1-2,7-8,20H. The van der Waals surface area contributed by atoms with E-state index in [1.165, 1.54) is 0 Å². The molecule has 1 aromatic carbocycles. The summed E-state index contributed by atoms with van der Waals surface area (Å²) in [7, 11) is 0. The second kappa shape index (κ2) is 5.69. The molecule has 1 rings (SSSR count). The van der Waals surface area contributed by atoms with Crippen molar-refractivity contribution in [1.29, 1.82) is 0 Å². The maximum atomic E-state index is 13.6. The van der Waals surface area contributed by atoms with Gasteiger partial charge >= 0.3 is 12.4 Å². The van der Waals surface area contributed by atoms with Gasteiger partial charge in [0, 0.05) is 10.0 Å². The molecule has 0 radical (unpaired) electrons. The van der Waals surface area contributed by atoms with Crippen LogP contribution in [0, 0.1) is 11.7 Å². The van der Waals surface area contributed by atoms with E-state index in [-0.39, 0.29) is 4.47 Å². The van der Waals surface area contributed by atoms with Gasteiger partial charge < -0.3 is 5.11 Å². The van der Waals surface area contributed by atoms with Gasteiger partial charge in [0.1, 0.15) is 11.9 Å². The van der Waals surface area contributed by atoms with E-state index in [1.54, 1.807) is 0 Å². The second-order valence-electron chi connectivity index (χ2n) is 3.77. The van der Waals surface area contributed by atoms with E-state index in [1.807, 2.05) is 0 Å². The fraction of sp³-hybridized carbons (Fsp3) is 0.400. The summed E-state index contributed by atoms with van der Waals surface area (Å²) in [5, 5.41) is 8.58. The zero-order chi connectivity index (χ0) is 15.9. The maximum absolute atomic E-state index is 13.6. The number of benzene rings is 1. The van der Waals surface area contributed by atoms with Crippen LogP contribution in [-0.4, -0.2) is 17.5 Å². The SMILES string of the molecule is OC(c1ccc(Br)c(Cl)c1F)C(C(F)(F)F)C(F)(F)F. The highest BCUT2D eigenvalue weighted by molar-refractivity contribution is 9.10. The van der Waals surface area contributed by atoms with E-state index in [0.29, 0.717) is 6.07 Å². The van der Waals surface area contributed by atoms with Gasteiger partial charge in [0.25, 0.3) is 0 Å². The van der Waals surface area contributed by atoms with Crippen molar-refractivity contribution >= 4 is 27.5 Å². The quantitative estimate of drug-likeness (QED) is 0.556. The summed E-state index contributed by atoms with van der Waals surface area (Å²) in [6.07, 6.45) is -14.7. The molecule has 0 amide bonds. The molecule has 0 aliphatic carbocycles. The van der Waals surface area contributed by atoms with Crippen molar-refractivity contribution in [1.82, 2.24) is 0 Å². The number of halogens is 9. The van der Waals surface area contributed by atoms with E-state index < -0.39 is 40.8 Å². The number of alkyl halides is 6. The third-order valence-electron chi connectivity index (χ3n) is 2.40. The summed E-state index contributed by atoms with van der Waals surface area (Å²) >= 11 is 8.11. The van der Waals surface area contributed by atoms with Crippen LogP contribution in [0.25, 0.3) is 0 Å². The fourth-order valence-corrected chi connectivity index (χ4v) is 1.97. The molecule has 0 spiro atoms. The molecule has 10 heteroatoms. The lowest BCUT2D eigenvalue weighted by Gasteiger charge is -2.27. The topological polar surface area (TPSA) is 20.2 Å². The van der Waals surface area contributed by atoms with Crippen LogP contribution in [-0.2, 0) is 0 Å². The van der Waals surface area contributed by atoms with Gasteiger partial charge in [-0.3, -0.25) is 0 Å². The molecule has 1 aromatic rings. The maximum Gasteiger partial charge on any atom is 0.403 e. The van der Waals surface area contributed by atoms with E-state index in [0.717, 1.165) is 6.07 Å². The fourth-order valence-electron chi connectivity index (χ4n) is 1.49. The van der Waals surface area contributed by atoms with Gasteiger partial charge in [0.05, 0.1) is 5.02 Å². The van der Waals surface area contributed by atoms with Crippen LogP contribution in [0.4, 0.5) is 30.7 Å². The van der Waals surface area contributed by atoms with Crippen LogP contribution in [0.5, 0.6) is 0 Å². The van der Waals surface area contributed by atoms with Crippen molar-refractivity contribution in [3.8, 4) is 0 Å². The minimum atomic E-state index is -5.79. The van der Waals surface area contributed by atoms with Gasteiger partial charge in [-0.25, -0.2) is 4.39 Å². The Bertz CT molecular complexity index is 486. The van der Waals surface area contributed by atoms with Gasteiger partial charge in [-0.05, 0) is 22.0 Å². The molecule has 0 saturated carbocycles. The molecule has 0 aliphatic rings. The lowest BCUT2D eigenvalue weighted by molar-refractivity contribution is -0.307. The van der Waals surface area contributed by atoms with Gasteiger partial charge in [-0.15, -0.1) is 0 Å². The van der Waals surface area contributed by atoms with E-state index >= 15 is 0 Å². The molecule has 20 heavy (non-hydrogen) atoms. The number of rotatable bonds is 2. The van der Waals surface area contributed by atoms with E-state index in [2.05, 4.69) is 15.9 Å². The molecule has 114 valence electrons. The van der Waals surface area contributed by atoms with E-state index in [9.17, 15) is 35.8 Å². The zero-order valence-electron chi connectivity index (χ0n) is 9.16. The molecule has 0 aromatic heterocycles. The summed E-state index contributed by atoms with van der Waals surface area (Å²) in [6, 6.07) is 1.54. The number of hydrogen-bond donors (Lipinski definition) is 1. The van der Waals surface area contributed by atoms with Crippen LogP contribution >= 0.6 is 27.5 Å². The molecular weight excluding hydrogens is 384 g/mol. The molecular formula is C10H5BrClF7O. The van der Waals surface area contributed by atoms with Crippen molar-refractivity contribution in [2.45, 2.75) is 18.5 Å². The number of hydrogen-bond acceptors (Lipinski definition) is 1. The zero-order valence-corrected chi connectivity index (χ0v) is 11.5. The third-order valence-corrected chi connectivity index (χ3v) is 3.66. The lowest BCUT2D eigenvalue weighted by atomic mass is 9.94. The predicted molar refractivity (Wildman–Crippen MR) is 59.7 cm³/mol. The first kappa shape index (κ1) is 17.5. The average molecular weight is 389 g/mol. The highest BCUT2D eigenvalue weighted by Gasteiger charge is 2.60. The first-order valence-corrected chi connectivity index (χ1v) is 5.99. The highest BCUT2D eigenvalue weighted by Crippen LogP contribution is 2.47. The van der Waals surface area contributed by atoms with Crippen molar-refractivity contribution in [3.63, 3.8) is 0 Å². The second-order valence-corrected chi connectivity index (χ2v) is 5.00. The Balaban J connectivity index is 3.34. The van der Waals surface area contributed by atoms with Crippen molar-refractivity contribution < 1.29 is 35.8 Å². The Morgan fingerprint density at radius 2 is 1.50 bits per heavy atom. The summed E-state index contributed by atoms with van der Waals surface area (Å²) in [5.41, 5.74) is -1.18. The van der Waals surface area contributed by atoms with Gasteiger partial charge in [0.2, 0.25) is 0 Å². The van der Waals surface area contributed by atoms with E-state index in [4.69, 9.17) is 11.6 Å². The van der Waals surface area contributed by atoms with Crippen LogP contribution < -0.4 is 0 Å². The predicted octanol–water partition coefficient (Wildman–Crippen LogP) is 5.02. The highest BCUT2D eigenvalue weighted by atomic mass is 79.9. The Morgan fingerprint density at radius 3 is 1.90 bits per heavy atom. The molecule has 0 saturated heterocycles. The van der Waals surface area contributed by atoms with Gasteiger partial charge in [-0.1, -0.05) is 17.7 Å². The van der Waals surface area contributed by atoms with Crippen LogP contribution in [0.3, 0.4) is 0 Å². The van der Waals surface area contributed by atoms with Crippen LogP contribution in [0.2, 0.25) is 5.02 Å². The Morgan fingerprint density at radius 1 is 1.05 bits per heavy atom. The van der Waals surface area contributed by atoms with Crippen molar-refractivity contribution in [2.75, 3.05) is 0 Å². The molecule has 0 fully saturated rings. The molecule has 1 nitrogen and oxygen atoms in total. The van der Waals surface area contributed by atoms with Crippen LogP contribution in [0.1, 0.15) is 11.7 Å². The van der Waals surface area contributed by atoms with Crippen molar-refractivity contribution in [2.24, 2.45) is 5.92 Å². The van der Waals surface area contributed by atoms with Gasteiger partial charge in [-0.2, -0.15) is 26.3 Å². The largest absolute Gasteiger partial charge is 0.403 e. The molecule has 0 aliphatic heterocycles. The van der Waals surface area contributed by atoms with Crippen LogP contribution in [0.15, 0.2) is 16.6 Å². The summed E-state index contributed by atoms with van der Waals surface area (Å²) in [6.45, 7) is 0. The molecule has 0 heterocycles. The minimum Gasteiger partial charge on any atom is -0.387 e. The summed E-state index contributed by atoms with van der Waals surface area (Å²) in [5.74, 6) is -5.66. The summed E-state index contributed by atoms with van der Waals surface area (Å²) in [4.78, 5) is 0. The first-order valence-electron chi connectivity index (χ1n) is 4.82. The number of aliphatic hydroxyl groups excluding tert-OH is 1. The normalized spacial score (nSPS) is 14.8. The van der Waals surface area contributed by atoms with Gasteiger partial charge in [0.15, 0.2) is 5.92 Å². The molecule has 0 bridgehead atoms. The Hall–Kier alpha value is -0.540. The molecule has 1 unspecified atom stereocenters. The summed E-state index contributed by atoms with van der Waals surface area (Å²) < 4.78 is 88.0. The average Bonchev–Trinajstić information content (AvgIpc) is 2.21. The Kier molecular flexibility index (Phi) is 4.98. The first-order chi connectivity index (χ1) is 8.87. The monoisotopic (exact) mass is 388 g/mol. The van der Waals surface area contributed by atoms with Crippen molar-refractivity contribution in [3.05, 3.63) is 33.0 Å². The molecule has 1 N–H and O–H groups in total. The molecule has 1 atom stereocenters. The lowest BCUT2D eigenvalue weighted by Crippen LogP contribution is -2.41. The minimum absolute atomic E-state index is 0.0665.